The van der Waals surface area contributed by atoms with Crippen LogP contribution in [0.5, 0.6) is 0 Å². The van der Waals surface area contributed by atoms with E-state index in [4.69, 9.17) is 11.5 Å². The molecule has 0 bridgehead atoms. The Morgan fingerprint density at radius 1 is 1.12 bits per heavy atom. The molecule has 0 fully saturated rings. The molecule has 4 N–H and O–H groups in total. The van der Waals surface area contributed by atoms with E-state index in [1.165, 1.54) is 0 Å². The maximum absolute atomic E-state index is 6.08. The molecule has 2 aromatic heterocycles. The third-order valence-corrected chi connectivity index (χ3v) is 2.88. The monoisotopic (exact) mass is 228 g/mol. The number of fused-ring (bicyclic) bond motifs is 3. The van der Waals surface area contributed by atoms with E-state index >= 15 is 0 Å². The predicted molar refractivity (Wildman–Crippen MR) is 66.6 cm³/mol. The summed E-state index contributed by atoms with van der Waals surface area (Å²) in [5.41, 5.74) is 14.8. The van der Waals surface area contributed by atoms with Crippen LogP contribution in [0.3, 0.4) is 0 Å². The Morgan fingerprint density at radius 2 is 1.88 bits per heavy atom. The Kier molecular flexibility index (Phi) is 1.77. The van der Waals surface area contributed by atoms with Gasteiger partial charge < -0.3 is 11.5 Å². The first-order valence-electron chi connectivity index (χ1n) is 5.25. The van der Waals surface area contributed by atoms with Crippen LogP contribution >= 0.6 is 0 Å². The van der Waals surface area contributed by atoms with Gasteiger partial charge in [0.25, 0.3) is 0 Å². The van der Waals surface area contributed by atoms with E-state index in [2.05, 4.69) is 15.1 Å². The minimum absolute atomic E-state index is 0.225. The third kappa shape index (κ3) is 1.24. The summed E-state index contributed by atoms with van der Waals surface area (Å²) in [5.74, 6) is 0.961. The molecule has 0 saturated heterocycles. The van der Waals surface area contributed by atoms with Gasteiger partial charge in [-0.2, -0.15) is 9.50 Å². The lowest BCUT2D eigenvalue weighted by Gasteiger charge is -2.07. The fraction of sp³-hybridized carbons (Fsp3) is 0.182. The van der Waals surface area contributed by atoms with E-state index < -0.39 is 0 Å². The number of rotatable bonds is 0. The van der Waals surface area contributed by atoms with E-state index in [0.717, 1.165) is 22.3 Å². The predicted octanol–water partition coefficient (Wildman–Crippen LogP) is 1.06. The highest BCUT2D eigenvalue weighted by atomic mass is 15.3. The molecule has 0 radical (unpaired) electrons. The number of nitrogen functional groups attached to an aromatic ring is 2. The molecule has 3 aromatic rings. The highest BCUT2D eigenvalue weighted by molar-refractivity contribution is 6.01. The molecule has 17 heavy (non-hydrogen) atoms. The van der Waals surface area contributed by atoms with Gasteiger partial charge in [-0.05, 0) is 25.5 Å². The van der Waals surface area contributed by atoms with Gasteiger partial charge in [-0.1, -0.05) is 6.07 Å². The first-order valence-corrected chi connectivity index (χ1v) is 5.25. The van der Waals surface area contributed by atoms with Gasteiger partial charge >= 0.3 is 0 Å². The fourth-order valence-corrected chi connectivity index (χ4v) is 1.98. The lowest BCUT2D eigenvalue weighted by molar-refractivity contribution is 0.881. The Hall–Kier alpha value is -2.37. The molecule has 0 spiro atoms. The second-order valence-electron chi connectivity index (χ2n) is 4.05. The van der Waals surface area contributed by atoms with E-state index in [1.54, 1.807) is 4.52 Å². The van der Waals surface area contributed by atoms with Crippen LogP contribution in [0.1, 0.15) is 11.4 Å². The minimum atomic E-state index is 0.225. The van der Waals surface area contributed by atoms with Crippen molar-refractivity contribution in [2.75, 3.05) is 11.5 Å². The average Bonchev–Trinajstić information content (AvgIpc) is 2.66. The summed E-state index contributed by atoms with van der Waals surface area (Å²) in [4.78, 5) is 8.66. The maximum Gasteiger partial charge on any atom is 0.240 e. The summed E-state index contributed by atoms with van der Waals surface area (Å²) in [6, 6.07) is 3.87. The van der Waals surface area contributed by atoms with Gasteiger partial charge in [0.15, 0.2) is 5.65 Å². The highest BCUT2D eigenvalue weighted by Crippen LogP contribution is 2.27. The summed E-state index contributed by atoms with van der Waals surface area (Å²) in [6.45, 7) is 3.81. The second-order valence-corrected chi connectivity index (χ2v) is 4.05. The first-order chi connectivity index (χ1) is 8.08. The fourth-order valence-electron chi connectivity index (χ4n) is 1.98. The first kappa shape index (κ1) is 9.83. The second kappa shape index (κ2) is 3.07. The zero-order valence-electron chi connectivity index (χ0n) is 9.60. The number of hydrogen-bond donors (Lipinski definition) is 2. The van der Waals surface area contributed by atoms with Crippen LogP contribution in [-0.2, 0) is 0 Å². The number of anilines is 2. The number of nitrogens with two attached hydrogens (primary N) is 2. The molecule has 2 heterocycles. The summed E-state index contributed by atoms with van der Waals surface area (Å²) < 4.78 is 1.62. The van der Waals surface area contributed by atoms with Crippen LogP contribution in [0.25, 0.3) is 16.6 Å². The number of nitrogens with zero attached hydrogens (tertiary/aromatic N) is 4. The van der Waals surface area contributed by atoms with Gasteiger partial charge in [0, 0.05) is 5.69 Å². The van der Waals surface area contributed by atoms with Crippen LogP contribution < -0.4 is 11.5 Å². The molecule has 0 aliphatic rings. The van der Waals surface area contributed by atoms with Crippen molar-refractivity contribution in [2.24, 2.45) is 0 Å². The molecule has 6 nitrogen and oxygen atoms in total. The quantitative estimate of drug-likeness (QED) is 0.561. The van der Waals surface area contributed by atoms with Crippen molar-refractivity contribution in [1.29, 1.82) is 0 Å². The van der Waals surface area contributed by atoms with Crippen molar-refractivity contribution in [3.63, 3.8) is 0 Å². The van der Waals surface area contributed by atoms with Crippen molar-refractivity contribution in [1.82, 2.24) is 19.6 Å². The maximum atomic E-state index is 6.08. The Labute approximate surface area is 97.3 Å². The molecule has 0 aliphatic heterocycles. The molecular formula is C11H12N6. The van der Waals surface area contributed by atoms with Crippen LogP contribution in [-0.4, -0.2) is 19.6 Å². The van der Waals surface area contributed by atoms with Crippen LogP contribution in [0.2, 0.25) is 0 Å². The number of aryl methyl sites for hydroxylation is 2. The van der Waals surface area contributed by atoms with Gasteiger partial charge in [-0.3, -0.25) is 0 Å². The number of benzene rings is 1. The Balaban J connectivity index is 2.65. The van der Waals surface area contributed by atoms with Gasteiger partial charge in [0.05, 0.1) is 10.9 Å². The molecule has 0 atom stereocenters. The lowest BCUT2D eigenvalue weighted by Crippen LogP contribution is -2.01. The average molecular weight is 228 g/mol. The lowest BCUT2D eigenvalue weighted by atomic mass is 10.1. The van der Waals surface area contributed by atoms with Crippen LogP contribution in [0, 0.1) is 13.8 Å². The van der Waals surface area contributed by atoms with Crippen molar-refractivity contribution >= 4 is 28.2 Å². The van der Waals surface area contributed by atoms with Gasteiger partial charge in [0.1, 0.15) is 5.82 Å². The summed E-state index contributed by atoms with van der Waals surface area (Å²) >= 11 is 0. The van der Waals surface area contributed by atoms with Crippen LogP contribution in [0.15, 0.2) is 12.1 Å². The molecule has 0 amide bonds. The molecule has 3 rings (SSSR count). The van der Waals surface area contributed by atoms with Crippen LogP contribution in [0.4, 0.5) is 11.6 Å². The van der Waals surface area contributed by atoms with Gasteiger partial charge in [-0.25, -0.2) is 4.98 Å². The molecular weight excluding hydrogens is 216 g/mol. The van der Waals surface area contributed by atoms with Crippen molar-refractivity contribution < 1.29 is 0 Å². The number of aromatic nitrogens is 4. The normalized spacial score (nSPS) is 11.4. The largest absolute Gasteiger partial charge is 0.398 e. The SMILES string of the molecule is Cc1ccc2nc(C)n3nc(N)nc3c2c1N. The van der Waals surface area contributed by atoms with Crippen molar-refractivity contribution in [2.45, 2.75) is 13.8 Å². The van der Waals surface area contributed by atoms with E-state index in [0.29, 0.717) is 11.3 Å². The van der Waals surface area contributed by atoms with Crippen molar-refractivity contribution in [3.05, 3.63) is 23.5 Å². The molecule has 0 aliphatic carbocycles. The smallest absolute Gasteiger partial charge is 0.240 e. The standard InChI is InChI=1S/C11H12N6/c1-5-3-4-7-8(9(5)12)10-15-11(13)16-17(10)6(2)14-7/h3-4H,12H2,1-2H3,(H2,13,16). The van der Waals surface area contributed by atoms with Gasteiger partial charge in [0.2, 0.25) is 5.95 Å². The molecule has 6 heteroatoms. The van der Waals surface area contributed by atoms with E-state index in [1.807, 2.05) is 26.0 Å². The Bertz CT molecular complexity index is 743. The van der Waals surface area contributed by atoms with E-state index in [-0.39, 0.29) is 5.95 Å². The topological polar surface area (TPSA) is 95.1 Å². The highest BCUT2D eigenvalue weighted by Gasteiger charge is 2.12. The minimum Gasteiger partial charge on any atom is -0.398 e. The number of hydrogen-bond acceptors (Lipinski definition) is 5. The summed E-state index contributed by atoms with van der Waals surface area (Å²) in [5, 5.41) is 4.90. The molecule has 0 unspecified atom stereocenters. The zero-order valence-corrected chi connectivity index (χ0v) is 9.60. The zero-order chi connectivity index (χ0) is 12.2. The molecule has 1 aromatic carbocycles. The van der Waals surface area contributed by atoms with Gasteiger partial charge in [-0.15, -0.1) is 5.10 Å². The molecule has 0 saturated carbocycles. The van der Waals surface area contributed by atoms with Crippen molar-refractivity contribution in [3.8, 4) is 0 Å². The molecule has 86 valence electrons. The Morgan fingerprint density at radius 3 is 2.65 bits per heavy atom. The van der Waals surface area contributed by atoms with E-state index in [9.17, 15) is 0 Å². The summed E-state index contributed by atoms with van der Waals surface area (Å²) in [6.07, 6.45) is 0. The third-order valence-electron chi connectivity index (χ3n) is 2.88. The summed E-state index contributed by atoms with van der Waals surface area (Å²) in [7, 11) is 0.